The van der Waals surface area contributed by atoms with E-state index in [1.807, 2.05) is 23.7 Å². The molecule has 0 unspecified atom stereocenters. The van der Waals surface area contributed by atoms with Crippen LogP contribution in [0.4, 0.5) is 4.39 Å². The van der Waals surface area contributed by atoms with Gasteiger partial charge in [-0.1, -0.05) is 11.8 Å². The lowest BCUT2D eigenvalue weighted by atomic mass is 10.2. The fourth-order valence-corrected chi connectivity index (χ4v) is 3.21. The molecule has 26 heavy (non-hydrogen) atoms. The molecule has 0 aliphatic rings. The molecule has 0 amide bonds. The second-order valence-electron chi connectivity index (χ2n) is 5.51. The van der Waals surface area contributed by atoms with Crippen molar-refractivity contribution in [3.05, 3.63) is 66.7 Å². The average Bonchev–Trinajstić information content (AvgIpc) is 3.28. The predicted octanol–water partition coefficient (Wildman–Crippen LogP) is 3.96. The molecule has 0 spiro atoms. The number of hydrogen-bond acceptors (Lipinski definition) is 6. The van der Waals surface area contributed by atoms with Gasteiger partial charge >= 0.3 is 0 Å². The number of hydrogen-bond donors (Lipinski definition) is 0. The molecule has 0 N–H and O–H groups in total. The van der Waals surface area contributed by atoms with E-state index in [-0.39, 0.29) is 5.82 Å². The Morgan fingerprint density at radius 3 is 2.58 bits per heavy atom. The van der Waals surface area contributed by atoms with E-state index < -0.39 is 0 Å². The van der Waals surface area contributed by atoms with Crippen LogP contribution in [0.15, 0.2) is 64.6 Å². The Bertz CT molecular complexity index is 1010. The summed E-state index contributed by atoms with van der Waals surface area (Å²) in [5.41, 5.74) is 1.74. The van der Waals surface area contributed by atoms with Crippen LogP contribution in [0, 0.1) is 5.82 Å². The summed E-state index contributed by atoms with van der Waals surface area (Å²) in [7, 11) is 1.91. The van der Waals surface area contributed by atoms with E-state index in [2.05, 4.69) is 20.2 Å². The molecule has 0 aliphatic heterocycles. The summed E-state index contributed by atoms with van der Waals surface area (Å²) in [6, 6.07) is 9.90. The normalized spacial score (nSPS) is 11.0. The van der Waals surface area contributed by atoms with Crippen LogP contribution in [0.5, 0.6) is 0 Å². The minimum absolute atomic E-state index is 0.281. The highest BCUT2D eigenvalue weighted by atomic mass is 32.2. The molecule has 8 heteroatoms. The van der Waals surface area contributed by atoms with Crippen molar-refractivity contribution in [2.75, 3.05) is 0 Å². The van der Waals surface area contributed by atoms with Gasteiger partial charge in [0.05, 0.1) is 11.9 Å². The molecule has 4 rings (SSSR count). The number of rotatable bonds is 5. The van der Waals surface area contributed by atoms with Gasteiger partial charge in [0.25, 0.3) is 0 Å². The summed E-state index contributed by atoms with van der Waals surface area (Å²) in [5, 5.41) is 9.23. The first-order chi connectivity index (χ1) is 12.7. The van der Waals surface area contributed by atoms with Gasteiger partial charge in [0, 0.05) is 30.6 Å². The van der Waals surface area contributed by atoms with E-state index >= 15 is 0 Å². The van der Waals surface area contributed by atoms with Crippen molar-refractivity contribution in [2.24, 2.45) is 7.05 Å². The molecule has 0 saturated carbocycles. The molecule has 1 aromatic carbocycles. The molecule has 0 fully saturated rings. The summed E-state index contributed by atoms with van der Waals surface area (Å²) in [4.78, 5) is 8.29. The van der Waals surface area contributed by atoms with Crippen LogP contribution in [-0.2, 0) is 12.8 Å². The minimum Gasteiger partial charge on any atom is -0.440 e. The number of halogens is 1. The van der Waals surface area contributed by atoms with Gasteiger partial charge in [-0.3, -0.25) is 4.98 Å². The average molecular weight is 367 g/mol. The maximum atomic E-state index is 13.0. The molecular formula is C18H14FN5OS. The third kappa shape index (κ3) is 3.36. The van der Waals surface area contributed by atoms with E-state index in [4.69, 9.17) is 4.42 Å². The molecular weight excluding hydrogens is 353 g/mol. The zero-order valence-electron chi connectivity index (χ0n) is 13.8. The van der Waals surface area contributed by atoms with Crippen molar-refractivity contribution < 1.29 is 8.81 Å². The highest BCUT2D eigenvalue weighted by Crippen LogP contribution is 2.27. The number of benzene rings is 1. The number of thioether (sulfide) groups is 1. The standard InChI is InChI=1S/C18H14FN5OS/c1-24-17(13-6-8-20-9-7-13)22-23-18(24)26-11-16-21-10-15(25-16)12-2-4-14(19)5-3-12/h2-10H,11H2,1H3. The van der Waals surface area contributed by atoms with Gasteiger partial charge in [0.2, 0.25) is 5.89 Å². The summed E-state index contributed by atoms with van der Waals surface area (Å²) in [6.45, 7) is 0. The third-order valence-electron chi connectivity index (χ3n) is 3.78. The molecule has 3 aromatic heterocycles. The fourth-order valence-electron chi connectivity index (χ4n) is 2.44. The molecule has 0 atom stereocenters. The molecule has 0 radical (unpaired) electrons. The second kappa shape index (κ2) is 7.09. The van der Waals surface area contributed by atoms with Gasteiger partial charge in [-0.15, -0.1) is 10.2 Å². The highest BCUT2D eigenvalue weighted by Gasteiger charge is 2.13. The first-order valence-corrected chi connectivity index (χ1v) is 8.82. The summed E-state index contributed by atoms with van der Waals surface area (Å²) in [5.74, 6) is 2.19. The minimum atomic E-state index is -0.281. The van der Waals surface area contributed by atoms with Crippen LogP contribution < -0.4 is 0 Å². The quantitative estimate of drug-likeness (QED) is 0.497. The molecule has 6 nitrogen and oxygen atoms in total. The van der Waals surface area contributed by atoms with Crippen LogP contribution in [0.25, 0.3) is 22.7 Å². The monoisotopic (exact) mass is 367 g/mol. The lowest BCUT2D eigenvalue weighted by Crippen LogP contribution is -1.95. The van der Waals surface area contributed by atoms with Crippen LogP contribution in [0.3, 0.4) is 0 Å². The molecule has 4 aromatic rings. The van der Waals surface area contributed by atoms with Crippen LogP contribution in [0.1, 0.15) is 5.89 Å². The maximum Gasteiger partial charge on any atom is 0.205 e. The van der Waals surface area contributed by atoms with E-state index in [1.54, 1.807) is 30.7 Å². The zero-order valence-corrected chi connectivity index (χ0v) is 14.7. The van der Waals surface area contributed by atoms with Crippen molar-refractivity contribution in [1.29, 1.82) is 0 Å². The van der Waals surface area contributed by atoms with E-state index in [9.17, 15) is 4.39 Å². The third-order valence-corrected chi connectivity index (χ3v) is 4.79. The Hall–Kier alpha value is -3.00. The zero-order chi connectivity index (χ0) is 17.9. The van der Waals surface area contributed by atoms with Gasteiger partial charge in [-0.25, -0.2) is 9.37 Å². The molecule has 3 heterocycles. The number of nitrogens with zero attached hydrogens (tertiary/aromatic N) is 5. The Morgan fingerprint density at radius 2 is 1.81 bits per heavy atom. The number of aromatic nitrogens is 5. The van der Waals surface area contributed by atoms with Crippen LogP contribution in [-0.4, -0.2) is 24.7 Å². The van der Waals surface area contributed by atoms with E-state index in [0.29, 0.717) is 17.4 Å². The van der Waals surface area contributed by atoms with Gasteiger partial charge in [0.15, 0.2) is 16.7 Å². The maximum absolute atomic E-state index is 13.0. The fraction of sp³-hybridized carbons (Fsp3) is 0.111. The SMILES string of the molecule is Cn1c(SCc2ncc(-c3ccc(F)cc3)o2)nnc1-c1ccncc1. The molecule has 130 valence electrons. The summed E-state index contributed by atoms with van der Waals surface area (Å²) in [6.07, 6.45) is 5.09. The Morgan fingerprint density at radius 1 is 1.04 bits per heavy atom. The van der Waals surface area contributed by atoms with Crippen molar-refractivity contribution in [3.63, 3.8) is 0 Å². The Balaban J connectivity index is 1.47. The smallest absolute Gasteiger partial charge is 0.205 e. The number of pyridine rings is 1. The molecule has 0 saturated heterocycles. The second-order valence-corrected chi connectivity index (χ2v) is 6.46. The number of oxazole rings is 1. The van der Waals surface area contributed by atoms with E-state index in [0.717, 1.165) is 22.1 Å². The van der Waals surface area contributed by atoms with Crippen molar-refractivity contribution in [2.45, 2.75) is 10.9 Å². The van der Waals surface area contributed by atoms with Crippen molar-refractivity contribution in [1.82, 2.24) is 24.7 Å². The topological polar surface area (TPSA) is 69.6 Å². The van der Waals surface area contributed by atoms with E-state index in [1.165, 1.54) is 23.9 Å². The van der Waals surface area contributed by atoms with Gasteiger partial charge in [-0.05, 0) is 36.4 Å². The van der Waals surface area contributed by atoms with Gasteiger partial charge < -0.3 is 8.98 Å². The van der Waals surface area contributed by atoms with Gasteiger partial charge in [0.1, 0.15) is 5.82 Å². The largest absolute Gasteiger partial charge is 0.440 e. The van der Waals surface area contributed by atoms with Crippen LogP contribution in [0.2, 0.25) is 0 Å². The first-order valence-electron chi connectivity index (χ1n) is 7.84. The van der Waals surface area contributed by atoms with Crippen LogP contribution >= 0.6 is 11.8 Å². The molecule has 0 aliphatic carbocycles. The first kappa shape index (κ1) is 16.5. The summed E-state index contributed by atoms with van der Waals surface area (Å²) >= 11 is 1.48. The lowest BCUT2D eigenvalue weighted by Gasteiger charge is -2.02. The Labute approximate surface area is 153 Å². The van der Waals surface area contributed by atoms with Gasteiger partial charge in [-0.2, -0.15) is 0 Å². The molecule has 0 bridgehead atoms. The van der Waals surface area contributed by atoms with Crippen molar-refractivity contribution in [3.8, 4) is 22.7 Å². The predicted molar refractivity (Wildman–Crippen MR) is 95.7 cm³/mol. The highest BCUT2D eigenvalue weighted by molar-refractivity contribution is 7.98. The van der Waals surface area contributed by atoms with Crippen molar-refractivity contribution >= 4 is 11.8 Å². The Kier molecular flexibility index (Phi) is 4.49. The summed E-state index contributed by atoms with van der Waals surface area (Å²) < 4.78 is 20.7. The lowest BCUT2D eigenvalue weighted by molar-refractivity contribution is 0.529.